The number of benzene rings is 1. The lowest BCUT2D eigenvalue weighted by molar-refractivity contribution is 0.602. The van der Waals surface area contributed by atoms with Gasteiger partial charge in [0, 0.05) is 18.5 Å². The summed E-state index contributed by atoms with van der Waals surface area (Å²) in [4.78, 5) is 14.0. The second-order valence-corrected chi connectivity index (χ2v) is 10.0. The molecule has 3 rings (SSSR count). The number of sulfone groups is 1. The molecule has 0 aliphatic carbocycles. The van der Waals surface area contributed by atoms with Crippen molar-refractivity contribution in [3.63, 3.8) is 0 Å². The number of anilines is 2. The summed E-state index contributed by atoms with van der Waals surface area (Å²) < 4.78 is 25.3. The van der Waals surface area contributed by atoms with Gasteiger partial charge in [0.2, 0.25) is 5.95 Å². The van der Waals surface area contributed by atoms with Crippen LogP contribution < -0.4 is 8.43 Å². The molecule has 2 aromatic heterocycles. The molecule has 0 saturated carbocycles. The van der Waals surface area contributed by atoms with E-state index in [1.54, 1.807) is 18.3 Å². The fourth-order valence-electron chi connectivity index (χ4n) is 2.95. The molecule has 0 atom stereocenters. The molecule has 0 unspecified atom stereocenters. The van der Waals surface area contributed by atoms with Crippen molar-refractivity contribution >= 4 is 55.5 Å². The zero-order valence-electron chi connectivity index (χ0n) is 16.6. The standard InChI is InChI=1S/C20H24IN5O2S/c1-4-15(5-2)23-20-24-18-17(7-6-12-22-18)19(25-20)26(21)13-14-8-10-16(11-9-14)29(3,27)28/h6-12,15H,4-5,13H2,1-3H3,(H,22,23,24,25). The molecule has 29 heavy (non-hydrogen) atoms. The van der Waals surface area contributed by atoms with Crippen molar-refractivity contribution in [1.29, 1.82) is 0 Å². The highest BCUT2D eigenvalue weighted by atomic mass is 127. The number of hydrogen-bond donors (Lipinski definition) is 1. The second-order valence-electron chi connectivity index (χ2n) is 6.84. The van der Waals surface area contributed by atoms with Gasteiger partial charge in [-0.2, -0.15) is 9.97 Å². The second kappa shape index (κ2) is 9.21. The highest BCUT2D eigenvalue weighted by Gasteiger charge is 2.16. The topological polar surface area (TPSA) is 88.1 Å². The van der Waals surface area contributed by atoms with E-state index in [-0.39, 0.29) is 0 Å². The van der Waals surface area contributed by atoms with Gasteiger partial charge >= 0.3 is 0 Å². The molecule has 154 valence electrons. The number of halogens is 1. The molecule has 7 nitrogen and oxygen atoms in total. The van der Waals surface area contributed by atoms with Crippen LogP contribution in [-0.4, -0.2) is 35.7 Å². The van der Waals surface area contributed by atoms with Crippen LogP contribution in [-0.2, 0) is 16.4 Å². The summed E-state index contributed by atoms with van der Waals surface area (Å²) in [6.45, 7) is 4.83. The van der Waals surface area contributed by atoms with Gasteiger partial charge in [0.25, 0.3) is 0 Å². The van der Waals surface area contributed by atoms with Crippen LogP contribution in [0.5, 0.6) is 0 Å². The fourth-order valence-corrected chi connectivity index (χ4v) is 4.34. The Bertz CT molecular complexity index is 1090. The number of nitrogens with one attached hydrogen (secondary N) is 1. The van der Waals surface area contributed by atoms with Gasteiger partial charge in [0.1, 0.15) is 0 Å². The lowest BCUT2D eigenvalue weighted by atomic mass is 10.2. The Hall–Kier alpha value is -2.01. The van der Waals surface area contributed by atoms with Crippen LogP contribution in [0.1, 0.15) is 32.3 Å². The number of hydrogen-bond acceptors (Lipinski definition) is 7. The van der Waals surface area contributed by atoms with Gasteiger partial charge in [-0.05, 0) is 42.7 Å². The van der Waals surface area contributed by atoms with Crippen molar-refractivity contribution < 1.29 is 8.42 Å². The summed E-state index contributed by atoms with van der Waals surface area (Å²) in [5, 5.41) is 4.26. The first kappa shape index (κ1) is 21.7. The average molecular weight is 525 g/mol. The summed E-state index contributed by atoms with van der Waals surface area (Å²) in [5.41, 5.74) is 1.62. The van der Waals surface area contributed by atoms with E-state index in [1.807, 2.05) is 27.4 Å². The third-order valence-corrected chi connectivity index (χ3v) is 6.60. The molecule has 3 aromatic rings. The molecule has 0 amide bonds. The number of pyridine rings is 1. The van der Waals surface area contributed by atoms with E-state index in [9.17, 15) is 8.42 Å². The largest absolute Gasteiger partial charge is 0.351 e. The van der Waals surface area contributed by atoms with E-state index >= 15 is 0 Å². The monoisotopic (exact) mass is 525 g/mol. The zero-order chi connectivity index (χ0) is 21.0. The molecule has 0 aliphatic rings. The normalized spacial score (nSPS) is 11.8. The zero-order valence-corrected chi connectivity index (χ0v) is 19.6. The smallest absolute Gasteiger partial charge is 0.226 e. The van der Waals surface area contributed by atoms with Gasteiger partial charge in [0.15, 0.2) is 21.3 Å². The molecule has 2 heterocycles. The van der Waals surface area contributed by atoms with Crippen LogP contribution in [0.4, 0.5) is 11.8 Å². The predicted octanol–water partition coefficient (Wildman–Crippen LogP) is 4.39. The van der Waals surface area contributed by atoms with Gasteiger partial charge in [-0.15, -0.1) is 0 Å². The van der Waals surface area contributed by atoms with Crippen molar-refractivity contribution in [2.24, 2.45) is 0 Å². The van der Waals surface area contributed by atoms with Crippen LogP contribution >= 0.6 is 22.9 Å². The maximum Gasteiger partial charge on any atom is 0.226 e. The SMILES string of the molecule is CCC(CC)Nc1nc(N(I)Cc2ccc(S(C)(=O)=O)cc2)c2cccnc2n1. The first-order valence-corrected chi connectivity index (χ1v) is 12.3. The first-order valence-electron chi connectivity index (χ1n) is 9.43. The summed E-state index contributed by atoms with van der Waals surface area (Å²) in [6.07, 6.45) is 4.90. The molecule has 1 aromatic carbocycles. The van der Waals surface area contributed by atoms with E-state index in [2.05, 4.69) is 52.0 Å². The molecular formula is C20H24IN5O2S. The number of nitrogens with zero attached hydrogens (tertiary/aromatic N) is 4. The van der Waals surface area contributed by atoms with Crippen LogP contribution in [0.3, 0.4) is 0 Å². The highest BCUT2D eigenvalue weighted by Crippen LogP contribution is 2.28. The fraction of sp³-hybridized carbons (Fsp3) is 0.350. The van der Waals surface area contributed by atoms with Gasteiger partial charge in [-0.25, -0.2) is 13.4 Å². The molecule has 0 aliphatic heterocycles. The van der Waals surface area contributed by atoms with Crippen molar-refractivity contribution in [3.8, 4) is 0 Å². The van der Waals surface area contributed by atoms with Gasteiger partial charge in [-0.1, -0.05) is 26.0 Å². The Morgan fingerprint density at radius 2 is 1.79 bits per heavy atom. The Morgan fingerprint density at radius 3 is 2.41 bits per heavy atom. The minimum atomic E-state index is -3.20. The number of fused-ring (bicyclic) bond motifs is 1. The predicted molar refractivity (Wildman–Crippen MR) is 125 cm³/mol. The lowest BCUT2D eigenvalue weighted by Gasteiger charge is -2.20. The molecule has 0 fully saturated rings. The maximum absolute atomic E-state index is 11.7. The van der Waals surface area contributed by atoms with E-state index in [0.717, 1.165) is 29.6 Å². The summed E-state index contributed by atoms with van der Waals surface area (Å²) in [5.74, 6) is 1.33. The van der Waals surface area contributed by atoms with Crippen molar-refractivity contribution in [1.82, 2.24) is 15.0 Å². The van der Waals surface area contributed by atoms with E-state index in [1.165, 1.54) is 6.26 Å². The van der Waals surface area contributed by atoms with Crippen molar-refractivity contribution in [2.75, 3.05) is 14.7 Å². The molecular weight excluding hydrogens is 501 g/mol. The third-order valence-electron chi connectivity index (χ3n) is 4.67. The van der Waals surface area contributed by atoms with E-state index in [0.29, 0.717) is 29.1 Å². The van der Waals surface area contributed by atoms with Crippen molar-refractivity contribution in [2.45, 2.75) is 44.2 Å². The average Bonchev–Trinajstić information content (AvgIpc) is 2.71. The van der Waals surface area contributed by atoms with Crippen molar-refractivity contribution in [3.05, 3.63) is 48.2 Å². The van der Waals surface area contributed by atoms with Crippen LogP contribution in [0.15, 0.2) is 47.5 Å². The maximum atomic E-state index is 11.7. The molecule has 0 spiro atoms. The van der Waals surface area contributed by atoms with Gasteiger partial charge < -0.3 is 5.32 Å². The molecule has 0 radical (unpaired) electrons. The Balaban J connectivity index is 1.92. The first-order chi connectivity index (χ1) is 13.8. The summed E-state index contributed by atoms with van der Waals surface area (Å²) in [7, 11) is -3.20. The van der Waals surface area contributed by atoms with E-state index in [4.69, 9.17) is 4.98 Å². The lowest BCUT2D eigenvalue weighted by Crippen LogP contribution is -2.20. The van der Waals surface area contributed by atoms with Crippen LogP contribution in [0.25, 0.3) is 11.0 Å². The van der Waals surface area contributed by atoms with E-state index < -0.39 is 9.84 Å². The van der Waals surface area contributed by atoms with Crippen LogP contribution in [0, 0.1) is 0 Å². The molecule has 0 saturated heterocycles. The highest BCUT2D eigenvalue weighted by molar-refractivity contribution is 14.1. The van der Waals surface area contributed by atoms with Gasteiger partial charge in [-0.3, -0.25) is 3.11 Å². The number of aromatic nitrogens is 3. The molecule has 0 bridgehead atoms. The number of rotatable bonds is 8. The molecule has 1 N–H and O–H groups in total. The minimum Gasteiger partial charge on any atom is -0.351 e. The third kappa shape index (κ3) is 5.33. The minimum absolute atomic E-state index is 0.301. The summed E-state index contributed by atoms with van der Waals surface area (Å²) in [6, 6.07) is 11.0. The Labute approximate surface area is 185 Å². The Kier molecular flexibility index (Phi) is 6.89. The Morgan fingerprint density at radius 1 is 1.10 bits per heavy atom. The molecule has 9 heteroatoms. The quantitative estimate of drug-likeness (QED) is 0.345. The van der Waals surface area contributed by atoms with Crippen LogP contribution in [0.2, 0.25) is 0 Å². The summed E-state index contributed by atoms with van der Waals surface area (Å²) >= 11 is 2.22. The van der Waals surface area contributed by atoms with Gasteiger partial charge in [0.05, 0.1) is 39.7 Å².